The molecule has 27 heavy (non-hydrogen) atoms. The Morgan fingerprint density at radius 2 is 2.11 bits per heavy atom. The van der Waals surface area contributed by atoms with Gasteiger partial charge in [-0.25, -0.2) is 4.98 Å². The third kappa shape index (κ3) is 3.29. The van der Waals surface area contributed by atoms with Crippen LogP contribution in [-0.2, 0) is 11.3 Å². The zero-order chi connectivity index (χ0) is 19.0. The maximum Gasteiger partial charge on any atom is 0.255 e. The van der Waals surface area contributed by atoms with Crippen molar-refractivity contribution in [3.63, 3.8) is 0 Å². The third-order valence-corrected chi connectivity index (χ3v) is 4.44. The molecule has 1 atom stereocenters. The summed E-state index contributed by atoms with van der Waals surface area (Å²) in [7, 11) is 0. The second-order valence-corrected chi connectivity index (χ2v) is 6.95. The molecule has 1 aliphatic heterocycles. The standard InChI is InChI=1S/C20H19N3O4/c1-20(2,25)19(24)23-11-13-8-14(27-15-4-3-7-21-9-15)5-6-16(13)18(23)17-10-22-12-26-17/h3-10,12,18,25H,11H2,1-2H3/t18-/m0/s1. The minimum atomic E-state index is -1.49. The van der Waals surface area contributed by atoms with E-state index in [0.717, 1.165) is 11.1 Å². The summed E-state index contributed by atoms with van der Waals surface area (Å²) < 4.78 is 11.3. The molecule has 3 aromatic rings. The molecular formula is C20H19N3O4. The summed E-state index contributed by atoms with van der Waals surface area (Å²) in [6.07, 6.45) is 6.23. The van der Waals surface area contributed by atoms with Crippen LogP contribution in [0.3, 0.4) is 0 Å². The monoisotopic (exact) mass is 365 g/mol. The van der Waals surface area contributed by atoms with Crippen molar-refractivity contribution in [2.75, 3.05) is 0 Å². The van der Waals surface area contributed by atoms with Gasteiger partial charge in [0.1, 0.15) is 23.1 Å². The highest BCUT2D eigenvalue weighted by Crippen LogP contribution is 2.41. The molecule has 0 bridgehead atoms. The van der Waals surface area contributed by atoms with Gasteiger partial charge in [0.25, 0.3) is 5.91 Å². The number of aliphatic hydroxyl groups is 1. The van der Waals surface area contributed by atoms with Gasteiger partial charge in [-0.1, -0.05) is 6.07 Å². The van der Waals surface area contributed by atoms with E-state index in [2.05, 4.69) is 9.97 Å². The van der Waals surface area contributed by atoms with Crippen molar-refractivity contribution in [2.45, 2.75) is 32.0 Å². The molecule has 2 aromatic heterocycles. The van der Waals surface area contributed by atoms with Crippen LogP contribution >= 0.6 is 0 Å². The van der Waals surface area contributed by atoms with Crippen LogP contribution in [-0.4, -0.2) is 31.5 Å². The van der Waals surface area contributed by atoms with Crippen LogP contribution in [0.15, 0.2) is 59.7 Å². The van der Waals surface area contributed by atoms with Crippen LogP contribution in [0.25, 0.3) is 0 Å². The first-order valence-electron chi connectivity index (χ1n) is 8.56. The number of rotatable bonds is 4. The van der Waals surface area contributed by atoms with E-state index in [-0.39, 0.29) is 5.91 Å². The quantitative estimate of drug-likeness (QED) is 0.764. The van der Waals surface area contributed by atoms with Gasteiger partial charge in [0, 0.05) is 12.7 Å². The van der Waals surface area contributed by atoms with E-state index in [1.165, 1.54) is 20.2 Å². The number of aromatic nitrogens is 2. The second-order valence-electron chi connectivity index (χ2n) is 6.95. The predicted octanol–water partition coefficient (Wildman–Crippen LogP) is 3.06. The Hall–Kier alpha value is -3.19. The number of carbonyl (C=O) groups excluding carboxylic acids is 1. The summed E-state index contributed by atoms with van der Waals surface area (Å²) in [5, 5.41) is 10.2. The molecule has 1 aliphatic rings. The lowest BCUT2D eigenvalue weighted by Crippen LogP contribution is -2.44. The van der Waals surface area contributed by atoms with E-state index >= 15 is 0 Å². The van der Waals surface area contributed by atoms with E-state index in [0.29, 0.717) is 23.8 Å². The van der Waals surface area contributed by atoms with E-state index in [1.54, 1.807) is 29.6 Å². The van der Waals surface area contributed by atoms with Crippen LogP contribution in [0.1, 0.15) is 36.8 Å². The van der Waals surface area contributed by atoms with Gasteiger partial charge in [0.2, 0.25) is 0 Å². The average Bonchev–Trinajstić information content (AvgIpc) is 3.28. The Morgan fingerprint density at radius 1 is 1.26 bits per heavy atom. The first-order valence-corrected chi connectivity index (χ1v) is 8.56. The van der Waals surface area contributed by atoms with Crippen molar-refractivity contribution in [3.8, 4) is 11.5 Å². The lowest BCUT2D eigenvalue weighted by Gasteiger charge is -2.29. The fraction of sp³-hybridized carbons (Fsp3) is 0.250. The van der Waals surface area contributed by atoms with Crippen LogP contribution in [0.2, 0.25) is 0 Å². The smallest absolute Gasteiger partial charge is 0.255 e. The van der Waals surface area contributed by atoms with Gasteiger partial charge in [-0.05, 0) is 49.2 Å². The van der Waals surface area contributed by atoms with E-state index in [4.69, 9.17) is 9.15 Å². The molecule has 7 nitrogen and oxygen atoms in total. The van der Waals surface area contributed by atoms with Crippen molar-refractivity contribution < 1.29 is 19.1 Å². The van der Waals surface area contributed by atoms with Gasteiger partial charge in [-0.3, -0.25) is 9.78 Å². The maximum absolute atomic E-state index is 12.8. The second kappa shape index (κ2) is 6.51. The Morgan fingerprint density at radius 3 is 2.78 bits per heavy atom. The molecule has 0 fully saturated rings. The van der Waals surface area contributed by atoms with Crippen molar-refractivity contribution >= 4 is 5.91 Å². The highest BCUT2D eigenvalue weighted by molar-refractivity contribution is 5.85. The first-order chi connectivity index (χ1) is 12.9. The number of oxazole rings is 1. The number of carbonyl (C=O) groups is 1. The maximum atomic E-state index is 12.8. The first kappa shape index (κ1) is 17.2. The molecule has 0 aliphatic carbocycles. The number of nitrogens with zero attached hydrogens (tertiary/aromatic N) is 3. The van der Waals surface area contributed by atoms with Crippen LogP contribution in [0.5, 0.6) is 11.5 Å². The fourth-order valence-corrected chi connectivity index (χ4v) is 3.24. The Balaban J connectivity index is 1.70. The van der Waals surface area contributed by atoms with Gasteiger partial charge in [0.15, 0.2) is 12.2 Å². The third-order valence-electron chi connectivity index (χ3n) is 4.44. The molecule has 1 aromatic carbocycles. The molecule has 0 saturated heterocycles. The summed E-state index contributed by atoms with van der Waals surface area (Å²) in [5.74, 6) is 1.45. The summed E-state index contributed by atoms with van der Waals surface area (Å²) >= 11 is 0. The lowest BCUT2D eigenvalue weighted by atomic mass is 10.0. The number of amides is 1. The minimum Gasteiger partial charge on any atom is -0.456 e. The van der Waals surface area contributed by atoms with E-state index in [9.17, 15) is 9.90 Å². The number of ether oxygens (including phenoxy) is 1. The zero-order valence-corrected chi connectivity index (χ0v) is 15.0. The zero-order valence-electron chi connectivity index (χ0n) is 15.0. The van der Waals surface area contributed by atoms with Crippen molar-refractivity contribution in [2.24, 2.45) is 0 Å². The molecule has 1 N–H and O–H groups in total. The molecule has 0 unspecified atom stereocenters. The van der Waals surface area contributed by atoms with Gasteiger partial charge in [-0.15, -0.1) is 0 Å². The van der Waals surface area contributed by atoms with E-state index in [1.807, 2.05) is 24.3 Å². The number of hydrogen-bond acceptors (Lipinski definition) is 6. The molecule has 0 radical (unpaired) electrons. The van der Waals surface area contributed by atoms with Gasteiger partial charge >= 0.3 is 0 Å². The summed E-state index contributed by atoms with van der Waals surface area (Å²) in [6, 6.07) is 8.82. The summed E-state index contributed by atoms with van der Waals surface area (Å²) in [6.45, 7) is 3.30. The van der Waals surface area contributed by atoms with Crippen molar-refractivity contribution in [3.05, 3.63) is 72.2 Å². The summed E-state index contributed by atoms with van der Waals surface area (Å²) in [4.78, 5) is 22.4. The van der Waals surface area contributed by atoms with Crippen LogP contribution in [0.4, 0.5) is 0 Å². The van der Waals surface area contributed by atoms with Crippen molar-refractivity contribution in [1.82, 2.24) is 14.9 Å². The molecule has 138 valence electrons. The number of hydrogen-bond donors (Lipinski definition) is 1. The fourth-order valence-electron chi connectivity index (χ4n) is 3.24. The largest absolute Gasteiger partial charge is 0.456 e. The van der Waals surface area contributed by atoms with Crippen LogP contribution in [0, 0.1) is 0 Å². The van der Waals surface area contributed by atoms with Crippen LogP contribution < -0.4 is 4.74 Å². The topological polar surface area (TPSA) is 88.7 Å². The van der Waals surface area contributed by atoms with Gasteiger partial charge < -0.3 is 19.2 Å². The highest BCUT2D eigenvalue weighted by atomic mass is 16.5. The number of benzene rings is 1. The van der Waals surface area contributed by atoms with Gasteiger partial charge in [-0.2, -0.15) is 0 Å². The highest BCUT2D eigenvalue weighted by Gasteiger charge is 2.41. The number of pyridine rings is 1. The average molecular weight is 365 g/mol. The molecule has 7 heteroatoms. The Labute approximate surface area is 156 Å². The summed E-state index contributed by atoms with van der Waals surface area (Å²) in [5.41, 5.74) is 0.355. The molecule has 1 amide bonds. The molecule has 3 heterocycles. The minimum absolute atomic E-state index is 0.341. The Bertz CT molecular complexity index is 949. The SMILES string of the molecule is CC(C)(O)C(=O)N1Cc2cc(Oc3cccnc3)ccc2[C@H]1c1cnco1. The van der Waals surface area contributed by atoms with Crippen molar-refractivity contribution in [1.29, 1.82) is 0 Å². The van der Waals surface area contributed by atoms with Gasteiger partial charge in [0.05, 0.1) is 12.4 Å². The lowest BCUT2D eigenvalue weighted by molar-refractivity contribution is -0.150. The molecule has 0 saturated carbocycles. The molecule has 0 spiro atoms. The predicted molar refractivity (Wildman–Crippen MR) is 95.9 cm³/mol. The molecular weight excluding hydrogens is 346 g/mol. The molecule has 4 rings (SSSR count). The Kier molecular flexibility index (Phi) is 4.16. The number of fused-ring (bicyclic) bond motifs is 1. The normalized spacial score (nSPS) is 16.3. The van der Waals surface area contributed by atoms with E-state index < -0.39 is 11.6 Å².